The van der Waals surface area contributed by atoms with Crippen molar-refractivity contribution in [1.82, 2.24) is 10.6 Å². The van der Waals surface area contributed by atoms with E-state index in [1.165, 1.54) is 12.1 Å². The van der Waals surface area contributed by atoms with E-state index in [1.807, 2.05) is 0 Å². The van der Waals surface area contributed by atoms with Gasteiger partial charge in [-0.1, -0.05) is 6.07 Å². The van der Waals surface area contributed by atoms with E-state index in [0.717, 1.165) is 6.26 Å². The van der Waals surface area contributed by atoms with Crippen molar-refractivity contribution in [3.63, 3.8) is 0 Å². The fourth-order valence-corrected chi connectivity index (χ4v) is 2.84. The molecule has 0 spiro atoms. The molecule has 1 aliphatic heterocycles. The summed E-state index contributed by atoms with van der Waals surface area (Å²) >= 11 is 0. The van der Waals surface area contributed by atoms with Crippen molar-refractivity contribution in [2.45, 2.75) is 30.7 Å². The lowest BCUT2D eigenvalue weighted by molar-refractivity contribution is -0.122. The van der Waals surface area contributed by atoms with Gasteiger partial charge in [-0.3, -0.25) is 9.59 Å². The predicted octanol–water partition coefficient (Wildman–Crippen LogP) is 0.407. The van der Waals surface area contributed by atoms with Gasteiger partial charge < -0.3 is 10.6 Å². The lowest BCUT2D eigenvalue weighted by Crippen LogP contribution is -2.47. The van der Waals surface area contributed by atoms with Crippen LogP contribution in [0.3, 0.4) is 0 Å². The van der Waals surface area contributed by atoms with Gasteiger partial charge in [0.25, 0.3) is 5.91 Å². The molecule has 1 heterocycles. The molecule has 1 aromatic carbocycles. The number of aryl methyl sites for hydroxylation is 1. The first-order valence-electron chi connectivity index (χ1n) is 6.65. The third-order valence-corrected chi connectivity index (χ3v) is 4.59. The van der Waals surface area contributed by atoms with Gasteiger partial charge in [-0.2, -0.15) is 0 Å². The zero-order valence-corrected chi connectivity index (χ0v) is 12.8. The van der Waals surface area contributed by atoms with Crippen molar-refractivity contribution in [1.29, 1.82) is 0 Å². The topological polar surface area (TPSA) is 92.3 Å². The summed E-state index contributed by atoms with van der Waals surface area (Å²) in [6.45, 7) is 2.15. The minimum atomic E-state index is -3.35. The normalized spacial score (nSPS) is 19.0. The van der Waals surface area contributed by atoms with Crippen molar-refractivity contribution >= 4 is 21.7 Å². The number of piperidine rings is 1. The highest BCUT2D eigenvalue weighted by atomic mass is 32.2. The minimum Gasteiger partial charge on any atom is -0.354 e. The molecule has 0 saturated carbocycles. The number of benzene rings is 1. The summed E-state index contributed by atoms with van der Waals surface area (Å²) in [5, 5.41) is 5.52. The molecule has 114 valence electrons. The Kier molecular flexibility index (Phi) is 4.32. The van der Waals surface area contributed by atoms with E-state index >= 15 is 0 Å². The molecule has 1 saturated heterocycles. The van der Waals surface area contributed by atoms with Gasteiger partial charge in [-0.05, 0) is 31.0 Å². The Bertz CT molecular complexity index is 672. The van der Waals surface area contributed by atoms with Crippen LogP contribution in [-0.4, -0.2) is 39.1 Å². The molecule has 1 aliphatic rings. The Morgan fingerprint density at radius 3 is 2.67 bits per heavy atom. The molecular weight excluding hydrogens is 292 g/mol. The highest BCUT2D eigenvalue weighted by Crippen LogP contribution is 2.16. The number of amides is 2. The number of hydrogen-bond acceptors (Lipinski definition) is 4. The number of rotatable bonds is 3. The monoisotopic (exact) mass is 310 g/mol. The molecule has 1 atom stereocenters. The number of carbonyl (C=O) groups is 2. The second-order valence-electron chi connectivity index (χ2n) is 5.26. The molecular formula is C14H18N2O4S. The van der Waals surface area contributed by atoms with E-state index in [0.29, 0.717) is 30.5 Å². The molecule has 0 radical (unpaired) electrons. The van der Waals surface area contributed by atoms with Gasteiger partial charge >= 0.3 is 0 Å². The van der Waals surface area contributed by atoms with Gasteiger partial charge in [-0.15, -0.1) is 0 Å². The summed E-state index contributed by atoms with van der Waals surface area (Å²) in [4.78, 5) is 23.5. The zero-order valence-electron chi connectivity index (χ0n) is 12.0. The number of sulfone groups is 1. The van der Waals surface area contributed by atoms with Crippen molar-refractivity contribution in [3.8, 4) is 0 Å². The average molecular weight is 310 g/mol. The average Bonchev–Trinajstić information content (AvgIpc) is 2.40. The lowest BCUT2D eigenvalue weighted by atomic mass is 10.0. The van der Waals surface area contributed by atoms with E-state index in [9.17, 15) is 18.0 Å². The molecule has 1 unspecified atom stereocenters. The van der Waals surface area contributed by atoms with Crippen LogP contribution in [0, 0.1) is 6.92 Å². The molecule has 1 fully saturated rings. The molecule has 2 amide bonds. The largest absolute Gasteiger partial charge is 0.354 e. The van der Waals surface area contributed by atoms with Crippen LogP contribution in [0.5, 0.6) is 0 Å². The first-order valence-corrected chi connectivity index (χ1v) is 8.55. The zero-order chi connectivity index (χ0) is 15.6. The second kappa shape index (κ2) is 5.85. The Morgan fingerprint density at radius 2 is 2.10 bits per heavy atom. The van der Waals surface area contributed by atoms with E-state index in [2.05, 4.69) is 10.6 Å². The van der Waals surface area contributed by atoms with Crippen LogP contribution >= 0.6 is 0 Å². The summed E-state index contributed by atoms with van der Waals surface area (Å²) in [5.41, 5.74) is 1.05. The molecule has 6 nitrogen and oxygen atoms in total. The first-order chi connectivity index (χ1) is 9.77. The van der Waals surface area contributed by atoms with E-state index in [1.54, 1.807) is 13.0 Å². The van der Waals surface area contributed by atoms with Crippen molar-refractivity contribution in [2.75, 3.05) is 12.8 Å². The molecule has 0 aliphatic carbocycles. The van der Waals surface area contributed by atoms with Gasteiger partial charge in [0.1, 0.15) is 0 Å². The summed E-state index contributed by atoms with van der Waals surface area (Å²) < 4.78 is 23.1. The number of carbonyl (C=O) groups excluding carboxylic acids is 2. The fourth-order valence-electron chi connectivity index (χ4n) is 2.20. The summed E-state index contributed by atoms with van der Waals surface area (Å²) in [6.07, 6.45) is 2.08. The third-order valence-electron chi connectivity index (χ3n) is 3.48. The Labute approximate surface area is 123 Å². The number of hydrogen-bond donors (Lipinski definition) is 2. The Morgan fingerprint density at radius 1 is 1.38 bits per heavy atom. The van der Waals surface area contributed by atoms with Crippen LogP contribution in [0.2, 0.25) is 0 Å². The quantitative estimate of drug-likeness (QED) is 0.845. The standard InChI is InChI=1S/C14H18N2O4S/c1-9-3-5-11(21(2,19)20)7-12(9)14(18)16-10-4-6-13(17)15-8-10/h3,5,7,10H,4,6,8H2,1-2H3,(H,15,17)(H,16,18). The highest BCUT2D eigenvalue weighted by Gasteiger charge is 2.21. The smallest absolute Gasteiger partial charge is 0.251 e. The molecule has 2 rings (SSSR count). The van der Waals surface area contributed by atoms with Gasteiger partial charge in [-0.25, -0.2) is 8.42 Å². The molecule has 21 heavy (non-hydrogen) atoms. The molecule has 0 aromatic heterocycles. The second-order valence-corrected chi connectivity index (χ2v) is 7.28. The maximum atomic E-state index is 12.3. The van der Waals surface area contributed by atoms with Crippen LogP contribution in [0.1, 0.15) is 28.8 Å². The van der Waals surface area contributed by atoms with E-state index in [-0.39, 0.29) is 22.8 Å². The van der Waals surface area contributed by atoms with Gasteiger partial charge in [0.2, 0.25) is 5.91 Å². The SMILES string of the molecule is Cc1ccc(S(C)(=O)=O)cc1C(=O)NC1CCC(=O)NC1. The van der Waals surface area contributed by atoms with Crippen molar-refractivity contribution in [3.05, 3.63) is 29.3 Å². The molecule has 0 bridgehead atoms. The van der Waals surface area contributed by atoms with E-state index < -0.39 is 9.84 Å². The summed E-state index contributed by atoms with van der Waals surface area (Å²) in [5.74, 6) is -0.338. The maximum Gasteiger partial charge on any atom is 0.251 e. The van der Waals surface area contributed by atoms with Crippen LogP contribution in [0.15, 0.2) is 23.1 Å². The Balaban J connectivity index is 2.17. The van der Waals surface area contributed by atoms with Crippen LogP contribution in [0.4, 0.5) is 0 Å². The minimum absolute atomic E-state index is 0.0178. The van der Waals surface area contributed by atoms with Gasteiger partial charge in [0, 0.05) is 30.8 Å². The molecule has 7 heteroatoms. The third kappa shape index (κ3) is 3.81. The number of nitrogens with one attached hydrogen (secondary N) is 2. The Hall–Kier alpha value is -1.89. The van der Waals surface area contributed by atoms with Crippen LogP contribution in [0.25, 0.3) is 0 Å². The molecule has 2 N–H and O–H groups in total. The van der Waals surface area contributed by atoms with Crippen LogP contribution < -0.4 is 10.6 Å². The first kappa shape index (κ1) is 15.5. The van der Waals surface area contributed by atoms with E-state index in [4.69, 9.17) is 0 Å². The summed E-state index contributed by atoms with van der Waals surface area (Å²) in [6, 6.07) is 4.37. The predicted molar refractivity (Wildman–Crippen MR) is 77.8 cm³/mol. The van der Waals surface area contributed by atoms with Gasteiger partial charge in [0.05, 0.1) is 4.90 Å². The fraction of sp³-hybridized carbons (Fsp3) is 0.429. The lowest BCUT2D eigenvalue weighted by Gasteiger charge is -2.23. The van der Waals surface area contributed by atoms with Crippen molar-refractivity contribution in [2.24, 2.45) is 0 Å². The summed E-state index contributed by atoms with van der Waals surface area (Å²) in [7, 11) is -3.35. The van der Waals surface area contributed by atoms with Gasteiger partial charge in [0.15, 0.2) is 9.84 Å². The highest BCUT2D eigenvalue weighted by molar-refractivity contribution is 7.90. The van der Waals surface area contributed by atoms with Crippen molar-refractivity contribution < 1.29 is 18.0 Å². The molecule has 1 aromatic rings. The van der Waals surface area contributed by atoms with Crippen LogP contribution in [-0.2, 0) is 14.6 Å². The maximum absolute atomic E-state index is 12.3.